The highest BCUT2D eigenvalue weighted by atomic mass is 32.2. The maximum absolute atomic E-state index is 13.0. The minimum atomic E-state index is -4.54. The first-order valence-electron chi connectivity index (χ1n) is 8.61. The highest BCUT2D eigenvalue weighted by molar-refractivity contribution is 7.99. The van der Waals surface area contributed by atoms with Crippen LogP contribution in [0.2, 0.25) is 0 Å². The van der Waals surface area contributed by atoms with Crippen LogP contribution in [0.3, 0.4) is 0 Å². The first-order valence-corrected chi connectivity index (χ1v) is 9.59. The fourth-order valence-electron chi connectivity index (χ4n) is 2.40. The van der Waals surface area contributed by atoms with Crippen LogP contribution in [0.5, 0.6) is 0 Å². The predicted molar refractivity (Wildman–Crippen MR) is 102 cm³/mol. The van der Waals surface area contributed by atoms with Crippen LogP contribution in [0.1, 0.15) is 10.4 Å². The molecule has 3 aromatic rings. The van der Waals surface area contributed by atoms with Crippen LogP contribution in [0.15, 0.2) is 53.9 Å². The Labute approximate surface area is 177 Å². The van der Waals surface area contributed by atoms with Gasteiger partial charge in [-0.05, 0) is 36.4 Å². The van der Waals surface area contributed by atoms with Gasteiger partial charge >= 0.3 is 6.18 Å². The van der Waals surface area contributed by atoms with Crippen molar-refractivity contribution in [3.05, 3.63) is 60.2 Å². The summed E-state index contributed by atoms with van der Waals surface area (Å²) >= 11 is 0.722. The van der Waals surface area contributed by atoms with E-state index in [-0.39, 0.29) is 22.3 Å². The standard InChI is InChI=1S/C18H14F4N6O2S/c19-13-3-1-12(2-4-13)16(30)26-24-14(29)9-31-17-27-25-15(11-5-7-23-8-6-11)28(17)10-18(20,21)22/h1-8H,9-10H2,(H,24,29)(H,26,30). The molecule has 0 spiro atoms. The highest BCUT2D eigenvalue weighted by Crippen LogP contribution is 2.28. The van der Waals surface area contributed by atoms with Gasteiger partial charge in [0.05, 0.1) is 5.75 Å². The highest BCUT2D eigenvalue weighted by Gasteiger charge is 2.31. The topological polar surface area (TPSA) is 102 Å². The number of hydrogen-bond acceptors (Lipinski definition) is 6. The number of alkyl halides is 3. The molecule has 0 saturated carbocycles. The summed E-state index contributed by atoms with van der Waals surface area (Å²) in [7, 11) is 0. The normalized spacial score (nSPS) is 11.2. The van der Waals surface area contributed by atoms with Crippen LogP contribution < -0.4 is 10.9 Å². The first kappa shape index (κ1) is 22.2. The van der Waals surface area contributed by atoms with Gasteiger partial charge in [0.1, 0.15) is 12.4 Å². The van der Waals surface area contributed by atoms with E-state index in [1.807, 2.05) is 0 Å². The zero-order chi connectivity index (χ0) is 22.4. The molecule has 0 aliphatic heterocycles. The number of nitrogens with one attached hydrogen (secondary N) is 2. The van der Waals surface area contributed by atoms with Gasteiger partial charge < -0.3 is 0 Å². The van der Waals surface area contributed by atoms with E-state index in [1.54, 1.807) is 0 Å². The Morgan fingerprint density at radius 1 is 1.00 bits per heavy atom. The number of carbonyl (C=O) groups is 2. The van der Waals surface area contributed by atoms with Crippen molar-refractivity contribution in [3.8, 4) is 11.4 Å². The average molecular weight is 454 g/mol. The first-order chi connectivity index (χ1) is 14.7. The molecule has 0 aliphatic rings. The molecule has 8 nitrogen and oxygen atoms in total. The predicted octanol–water partition coefficient (Wildman–Crippen LogP) is 2.59. The Morgan fingerprint density at radius 3 is 2.32 bits per heavy atom. The van der Waals surface area contributed by atoms with Crippen molar-refractivity contribution >= 4 is 23.6 Å². The number of hydrazine groups is 1. The van der Waals surface area contributed by atoms with Crippen LogP contribution in [-0.4, -0.2) is 43.5 Å². The second kappa shape index (κ2) is 9.55. The molecule has 2 amide bonds. The average Bonchev–Trinajstić information content (AvgIpc) is 3.12. The van der Waals surface area contributed by atoms with Crippen LogP contribution in [0, 0.1) is 5.82 Å². The number of pyridine rings is 1. The van der Waals surface area contributed by atoms with Gasteiger partial charge in [0, 0.05) is 23.5 Å². The van der Waals surface area contributed by atoms with Gasteiger partial charge in [-0.3, -0.25) is 30.0 Å². The third-order valence-corrected chi connectivity index (χ3v) is 4.71. The summed E-state index contributed by atoms with van der Waals surface area (Å²) < 4.78 is 52.9. The Morgan fingerprint density at radius 2 is 1.68 bits per heavy atom. The number of amides is 2. The van der Waals surface area contributed by atoms with Crippen molar-refractivity contribution in [1.82, 2.24) is 30.6 Å². The lowest BCUT2D eigenvalue weighted by Gasteiger charge is -2.12. The Bertz CT molecular complexity index is 1060. The molecular weight excluding hydrogens is 440 g/mol. The summed E-state index contributed by atoms with van der Waals surface area (Å²) in [5.74, 6) is -2.25. The van der Waals surface area contributed by atoms with Crippen LogP contribution >= 0.6 is 11.8 Å². The summed E-state index contributed by atoms with van der Waals surface area (Å²) in [6.45, 7) is -1.34. The molecule has 0 unspecified atom stereocenters. The van der Waals surface area contributed by atoms with E-state index in [1.165, 1.54) is 36.7 Å². The molecule has 0 bridgehead atoms. The van der Waals surface area contributed by atoms with Gasteiger partial charge in [0.25, 0.3) is 5.91 Å². The second-order valence-electron chi connectivity index (χ2n) is 6.04. The lowest BCUT2D eigenvalue weighted by molar-refractivity contribution is -0.141. The van der Waals surface area contributed by atoms with Crippen molar-refractivity contribution in [2.75, 3.05) is 5.75 Å². The molecule has 0 fully saturated rings. The van der Waals surface area contributed by atoms with Crippen molar-refractivity contribution in [2.24, 2.45) is 0 Å². The molecule has 0 saturated heterocycles. The maximum atomic E-state index is 13.0. The SMILES string of the molecule is O=C(CSc1nnc(-c2ccncc2)n1CC(F)(F)F)NNC(=O)c1ccc(F)cc1. The summed E-state index contributed by atoms with van der Waals surface area (Å²) in [5, 5.41) is 7.43. The molecule has 2 heterocycles. The van der Waals surface area contributed by atoms with Crippen LogP contribution in [-0.2, 0) is 11.3 Å². The Hall–Kier alpha value is -3.48. The number of thioether (sulfide) groups is 1. The van der Waals surface area contributed by atoms with Gasteiger partial charge in [0.15, 0.2) is 11.0 Å². The quantitative estimate of drug-likeness (QED) is 0.337. The molecule has 0 radical (unpaired) electrons. The van der Waals surface area contributed by atoms with Crippen molar-refractivity contribution in [2.45, 2.75) is 17.9 Å². The zero-order valence-corrected chi connectivity index (χ0v) is 16.4. The number of carbonyl (C=O) groups excluding carboxylic acids is 2. The minimum Gasteiger partial charge on any atom is -0.293 e. The molecule has 2 N–H and O–H groups in total. The molecule has 31 heavy (non-hydrogen) atoms. The molecule has 3 rings (SSSR count). The third kappa shape index (κ3) is 6.25. The fraction of sp³-hybridized carbons (Fsp3) is 0.167. The van der Waals surface area contributed by atoms with E-state index in [9.17, 15) is 27.2 Å². The van der Waals surface area contributed by atoms with Crippen molar-refractivity contribution in [1.29, 1.82) is 0 Å². The van der Waals surface area contributed by atoms with E-state index in [2.05, 4.69) is 26.0 Å². The number of rotatable bonds is 6. The second-order valence-corrected chi connectivity index (χ2v) is 6.98. The van der Waals surface area contributed by atoms with Gasteiger partial charge in [0.2, 0.25) is 5.91 Å². The number of hydrogen-bond donors (Lipinski definition) is 2. The molecule has 2 aromatic heterocycles. The number of nitrogens with zero attached hydrogens (tertiary/aromatic N) is 4. The lowest BCUT2D eigenvalue weighted by atomic mass is 10.2. The lowest BCUT2D eigenvalue weighted by Crippen LogP contribution is -2.42. The van der Waals surface area contributed by atoms with Crippen molar-refractivity contribution < 1.29 is 27.2 Å². The summed E-state index contributed by atoms with van der Waals surface area (Å²) in [6, 6.07) is 7.60. The number of halogens is 4. The monoisotopic (exact) mass is 454 g/mol. The molecule has 0 atom stereocenters. The Balaban J connectivity index is 1.64. The summed E-state index contributed by atoms with van der Waals surface area (Å²) in [4.78, 5) is 27.7. The number of aromatic nitrogens is 4. The largest absolute Gasteiger partial charge is 0.406 e. The van der Waals surface area contributed by atoms with E-state index >= 15 is 0 Å². The fourth-order valence-corrected chi connectivity index (χ4v) is 3.14. The Kier molecular flexibility index (Phi) is 6.84. The van der Waals surface area contributed by atoms with E-state index < -0.39 is 30.4 Å². The van der Waals surface area contributed by atoms with Gasteiger partial charge in [-0.25, -0.2) is 4.39 Å². The van der Waals surface area contributed by atoms with Gasteiger partial charge in [-0.15, -0.1) is 10.2 Å². The van der Waals surface area contributed by atoms with E-state index in [0.29, 0.717) is 5.56 Å². The zero-order valence-electron chi connectivity index (χ0n) is 15.6. The molecule has 162 valence electrons. The van der Waals surface area contributed by atoms with Crippen LogP contribution in [0.25, 0.3) is 11.4 Å². The molecule has 0 aliphatic carbocycles. The smallest absolute Gasteiger partial charge is 0.293 e. The summed E-state index contributed by atoms with van der Waals surface area (Å²) in [6.07, 6.45) is -1.72. The van der Waals surface area contributed by atoms with Crippen LogP contribution in [0.4, 0.5) is 17.6 Å². The van der Waals surface area contributed by atoms with Gasteiger partial charge in [-0.2, -0.15) is 13.2 Å². The van der Waals surface area contributed by atoms with E-state index in [0.717, 1.165) is 28.5 Å². The minimum absolute atomic E-state index is 0.0211. The molecule has 13 heteroatoms. The third-order valence-electron chi connectivity index (χ3n) is 3.75. The maximum Gasteiger partial charge on any atom is 0.406 e. The molecular formula is C18H14F4N6O2S. The van der Waals surface area contributed by atoms with Gasteiger partial charge in [-0.1, -0.05) is 11.8 Å². The number of benzene rings is 1. The van der Waals surface area contributed by atoms with Crippen molar-refractivity contribution in [3.63, 3.8) is 0 Å². The summed E-state index contributed by atoms with van der Waals surface area (Å²) in [5.41, 5.74) is 4.76. The molecule has 1 aromatic carbocycles. The van der Waals surface area contributed by atoms with E-state index in [4.69, 9.17) is 0 Å².